The maximum atomic E-state index is 13.4. The van der Waals surface area contributed by atoms with Gasteiger partial charge in [-0.15, -0.1) is 0 Å². The molecule has 1 saturated heterocycles. The monoisotopic (exact) mass is 532 g/mol. The number of rotatable bonds is 3. The molecule has 3 heterocycles. The Bertz CT molecular complexity index is 1550. The summed E-state index contributed by atoms with van der Waals surface area (Å²) in [7, 11) is 0. The van der Waals surface area contributed by atoms with Crippen LogP contribution >= 0.6 is 0 Å². The van der Waals surface area contributed by atoms with Crippen molar-refractivity contribution in [2.24, 2.45) is 5.92 Å². The third-order valence-corrected chi connectivity index (χ3v) is 7.64. The Kier molecular flexibility index (Phi) is 7.14. The second-order valence-corrected chi connectivity index (χ2v) is 10.5. The van der Waals surface area contributed by atoms with Gasteiger partial charge in [0.25, 0.3) is 5.91 Å². The van der Waals surface area contributed by atoms with Gasteiger partial charge in [0.15, 0.2) is 0 Å². The summed E-state index contributed by atoms with van der Waals surface area (Å²) in [6.45, 7) is 3.12. The fourth-order valence-corrected chi connectivity index (χ4v) is 5.32. The van der Waals surface area contributed by atoms with Gasteiger partial charge in [0.2, 0.25) is 11.9 Å². The number of fused-ring (bicyclic) bond motifs is 6. The highest BCUT2D eigenvalue weighted by Crippen LogP contribution is 2.29. The van der Waals surface area contributed by atoms with E-state index in [2.05, 4.69) is 44.1 Å². The lowest BCUT2D eigenvalue weighted by atomic mass is 9.94. The number of hydrogen-bond acceptors (Lipinski definition) is 6. The fourth-order valence-electron chi connectivity index (χ4n) is 5.32. The lowest BCUT2D eigenvalue weighted by Gasteiger charge is -2.31. The molecule has 0 spiro atoms. The van der Waals surface area contributed by atoms with Crippen molar-refractivity contribution >= 4 is 40.6 Å². The Morgan fingerprint density at radius 3 is 2.52 bits per heavy atom. The van der Waals surface area contributed by atoms with Crippen LogP contribution in [0.2, 0.25) is 0 Å². The van der Waals surface area contributed by atoms with Gasteiger partial charge in [-0.05, 0) is 86.2 Å². The average molecular weight is 533 g/mol. The Morgan fingerprint density at radius 1 is 0.900 bits per heavy atom. The quantitative estimate of drug-likeness (QED) is 0.306. The third-order valence-electron chi connectivity index (χ3n) is 7.64. The zero-order chi connectivity index (χ0) is 27.5. The zero-order valence-electron chi connectivity index (χ0n) is 22.5. The minimum atomic E-state index is -0.135. The van der Waals surface area contributed by atoms with Gasteiger partial charge in [0.05, 0.1) is 0 Å². The predicted octanol–water partition coefficient (Wildman–Crippen LogP) is 5.86. The highest BCUT2D eigenvalue weighted by molar-refractivity contribution is 5.95. The van der Waals surface area contributed by atoms with E-state index in [0.29, 0.717) is 37.4 Å². The molecule has 3 N–H and O–H groups in total. The largest absolute Gasteiger partial charge is 0.340 e. The lowest BCUT2D eigenvalue weighted by Crippen LogP contribution is -2.41. The SMILES string of the molecule is Cc1cnc2nc1Nc1ccc(NC(=O)C3CCN(C(=O)c4ccccc4)CC3)c(c1)CCc1cccc(c1)N2. The molecule has 2 amide bonds. The minimum Gasteiger partial charge on any atom is -0.340 e. The van der Waals surface area contributed by atoms with Crippen molar-refractivity contribution in [1.29, 1.82) is 0 Å². The van der Waals surface area contributed by atoms with Crippen molar-refractivity contribution < 1.29 is 9.59 Å². The van der Waals surface area contributed by atoms with E-state index in [1.807, 2.05) is 66.4 Å². The van der Waals surface area contributed by atoms with E-state index in [1.165, 1.54) is 5.56 Å². The van der Waals surface area contributed by atoms with Crippen molar-refractivity contribution in [3.63, 3.8) is 0 Å². The number of aromatic nitrogens is 2. The van der Waals surface area contributed by atoms with Crippen LogP contribution in [0.1, 0.15) is 39.9 Å². The Labute approximate surface area is 233 Å². The van der Waals surface area contributed by atoms with Crippen LogP contribution in [-0.2, 0) is 17.6 Å². The second kappa shape index (κ2) is 11.2. The number of hydrogen-bond donors (Lipinski definition) is 3. The standard InChI is InChI=1S/C32H32N6O2/c1-21-20-33-32-35-26-9-5-6-22(18-26)10-11-25-19-27(34-29(21)37-32)12-13-28(25)36-30(39)23-14-16-38(17-15-23)31(40)24-7-3-2-4-8-24/h2-9,12-13,18-20,23H,10-11,14-17H2,1H3,(H,36,39)(H2,33,34,35,37). The molecule has 8 nitrogen and oxygen atoms in total. The summed E-state index contributed by atoms with van der Waals surface area (Å²) in [5.41, 5.74) is 6.52. The highest BCUT2D eigenvalue weighted by Gasteiger charge is 2.28. The van der Waals surface area contributed by atoms with Crippen LogP contribution < -0.4 is 16.0 Å². The summed E-state index contributed by atoms with van der Waals surface area (Å²) in [6.07, 6.45) is 4.68. The van der Waals surface area contributed by atoms with Gasteiger partial charge in [0, 0.05) is 53.4 Å². The van der Waals surface area contributed by atoms with E-state index < -0.39 is 0 Å². The Morgan fingerprint density at radius 2 is 1.70 bits per heavy atom. The molecule has 0 radical (unpaired) electrons. The average Bonchev–Trinajstić information content (AvgIpc) is 2.99. The van der Waals surface area contributed by atoms with Crippen molar-refractivity contribution in [1.82, 2.24) is 14.9 Å². The van der Waals surface area contributed by atoms with Crippen molar-refractivity contribution in [2.75, 3.05) is 29.0 Å². The zero-order valence-corrected chi connectivity index (χ0v) is 22.5. The molecule has 1 aromatic heterocycles. The van der Waals surface area contributed by atoms with Crippen LogP contribution in [0.25, 0.3) is 0 Å². The second-order valence-electron chi connectivity index (χ2n) is 10.5. The maximum Gasteiger partial charge on any atom is 0.253 e. The van der Waals surface area contributed by atoms with Gasteiger partial charge in [-0.2, -0.15) is 4.98 Å². The molecule has 8 heteroatoms. The fraction of sp³-hybridized carbons (Fsp3) is 0.250. The molecule has 3 aromatic carbocycles. The molecule has 4 aromatic rings. The summed E-state index contributed by atoms with van der Waals surface area (Å²) >= 11 is 0. The number of likely N-dealkylation sites (tertiary alicyclic amines) is 1. The van der Waals surface area contributed by atoms with E-state index in [9.17, 15) is 9.59 Å². The number of piperidine rings is 1. The number of aryl methyl sites for hydroxylation is 3. The van der Waals surface area contributed by atoms with Crippen LogP contribution in [0.15, 0.2) is 79.0 Å². The molecule has 0 aliphatic carbocycles. The maximum absolute atomic E-state index is 13.4. The molecular weight excluding hydrogens is 500 g/mol. The summed E-state index contributed by atoms with van der Waals surface area (Å²) in [5, 5.41) is 9.94. The van der Waals surface area contributed by atoms with E-state index in [0.717, 1.165) is 46.8 Å². The molecule has 2 aliphatic heterocycles. The first-order valence-corrected chi connectivity index (χ1v) is 13.8. The number of nitrogens with zero attached hydrogens (tertiary/aromatic N) is 3. The van der Waals surface area contributed by atoms with E-state index >= 15 is 0 Å². The predicted molar refractivity (Wildman–Crippen MR) is 157 cm³/mol. The molecule has 40 heavy (non-hydrogen) atoms. The number of anilines is 5. The first-order valence-electron chi connectivity index (χ1n) is 13.8. The summed E-state index contributed by atoms with van der Waals surface area (Å²) < 4.78 is 0. The van der Waals surface area contributed by atoms with Crippen LogP contribution in [0, 0.1) is 12.8 Å². The van der Waals surface area contributed by atoms with Crippen molar-refractivity contribution in [3.05, 3.63) is 101 Å². The first-order chi connectivity index (χ1) is 19.5. The summed E-state index contributed by atoms with van der Waals surface area (Å²) in [4.78, 5) is 37.1. The normalized spacial score (nSPS) is 15.0. The minimum absolute atomic E-state index is 0.00849. The molecule has 6 rings (SSSR count). The van der Waals surface area contributed by atoms with E-state index in [1.54, 1.807) is 6.20 Å². The van der Waals surface area contributed by atoms with E-state index in [4.69, 9.17) is 0 Å². The Balaban J connectivity index is 1.19. The Hall–Kier alpha value is -4.72. The molecule has 0 unspecified atom stereocenters. The number of carbonyl (C=O) groups excluding carboxylic acids is 2. The van der Waals surface area contributed by atoms with Gasteiger partial charge in [-0.25, -0.2) is 4.98 Å². The molecule has 0 atom stereocenters. The highest BCUT2D eigenvalue weighted by atomic mass is 16.2. The van der Waals surface area contributed by atoms with Crippen LogP contribution in [0.4, 0.5) is 28.8 Å². The van der Waals surface area contributed by atoms with Crippen LogP contribution in [-0.4, -0.2) is 39.8 Å². The molecule has 0 saturated carbocycles. The lowest BCUT2D eigenvalue weighted by molar-refractivity contribution is -0.121. The number of amides is 2. The topological polar surface area (TPSA) is 99.2 Å². The van der Waals surface area contributed by atoms with Crippen molar-refractivity contribution in [2.45, 2.75) is 32.6 Å². The van der Waals surface area contributed by atoms with E-state index in [-0.39, 0.29) is 17.7 Å². The van der Waals surface area contributed by atoms with Crippen molar-refractivity contribution in [3.8, 4) is 0 Å². The third kappa shape index (κ3) is 5.66. The summed E-state index contributed by atoms with van der Waals surface area (Å²) in [6, 6.07) is 23.6. The molecular formula is C32H32N6O2. The molecule has 1 fully saturated rings. The van der Waals surface area contributed by atoms with Gasteiger partial charge in [-0.3, -0.25) is 9.59 Å². The smallest absolute Gasteiger partial charge is 0.253 e. The molecule has 202 valence electrons. The van der Waals surface area contributed by atoms with Crippen LogP contribution in [0.5, 0.6) is 0 Å². The number of benzene rings is 3. The van der Waals surface area contributed by atoms with Gasteiger partial charge in [-0.1, -0.05) is 30.3 Å². The number of nitrogens with one attached hydrogen (secondary N) is 3. The van der Waals surface area contributed by atoms with Gasteiger partial charge >= 0.3 is 0 Å². The summed E-state index contributed by atoms with van der Waals surface area (Å²) in [5.74, 6) is 1.16. The molecule has 2 aliphatic rings. The van der Waals surface area contributed by atoms with Crippen LogP contribution in [0.3, 0.4) is 0 Å². The van der Waals surface area contributed by atoms with Gasteiger partial charge < -0.3 is 20.9 Å². The number of carbonyl (C=O) groups is 2. The molecule has 6 bridgehead atoms. The van der Waals surface area contributed by atoms with Gasteiger partial charge in [0.1, 0.15) is 5.82 Å². The first kappa shape index (κ1) is 25.6.